The van der Waals surface area contributed by atoms with Gasteiger partial charge in [0.05, 0.1) is 18.7 Å². The largest absolute Gasteiger partial charge is 0.469 e. The molecule has 2 aromatic rings. The average molecular weight is 404 g/mol. The molecule has 0 aliphatic carbocycles. The zero-order valence-electron chi connectivity index (χ0n) is 16.1. The van der Waals surface area contributed by atoms with Crippen molar-refractivity contribution >= 4 is 27.5 Å². The minimum Gasteiger partial charge on any atom is -0.469 e. The highest BCUT2D eigenvalue weighted by molar-refractivity contribution is 7.92. The van der Waals surface area contributed by atoms with E-state index >= 15 is 0 Å². The van der Waals surface area contributed by atoms with Gasteiger partial charge in [0.25, 0.3) is 10.0 Å². The van der Waals surface area contributed by atoms with Crippen LogP contribution in [0.5, 0.6) is 0 Å². The van der Waals surface area contributed by atoms with Crippen molar-refractivity contribution in [2.24, 2.45) is 5.92 Å². The summed E-state index contributed by atoms with van der Waals surface area (Å²) in [6, 6.07) is 12.3. The highest BCUT2D eigenvalue weighted by Crippen LogP contribution is 2.26. The van der Waals surface area contributed by atoms with Gasteiger partial charge in [0.1, 0.15) is 10.7 Å². The second-order valence-corrected chi connectivity index (χ2v) is 8.50. The summed E-state index contributed by atoms with van der Waals surface area (Å²) in [5, 5.41) is 0. The first-order chi connectivity index (χ1) is 13.5. The number of carbonyl (C=O) groups is 1. The van der Waals surface area contributed by atoms with Crippen LogP contribution in [0.1, 0.15) is 19.8 Å². The third-order valence-corrected chi connectivity index (χ3v) is 6.88. The molecule has 0 bridgehead atoms. The molecule has 150 valence electrons. The number of para-hydroxylation sites is 1. The third-order valence-electron chi connectivity index (χ3n) is 4.99. The number of methoxy groups -OCH3 is 1. The van der Waals surface area contributed by atoms with Crippen molar-refractivity contribution in [3.8, 4) is 0 Å². The van der Waals surface area contributed by atoms with Gasteiger partial charge >= 0.3 is 5.97 Å². The number of esters is 1. The minimum absolute atomic E-state index is 0.0788. The van der Waals surface area contributed by atoms with E-state index in [4.69, 9.17) is 4.74 Å². The molecule has 1 aliphatic rings. The lowest BCUT2D eigenvalue weighted by Crippen LogP contribution is -2.37. The van der Waals surface area contributed by atoms with E-state index < -0.39 is 10.0 Å². The number of anilines is 2. The van der Waals surface area contributed by atoms with E-state index in [1.807, 2.05) is 18.2 Å². The first-order valence-corrected chi connectivity index (χ1v) is 10.8. The maximum atomic E-state index is 13.0. The normalized spacial score (nSPS) is 15.3. The maximum Gasteiger partial charge on any atom is 0.308 e. The fourth-order valence-corrected chi connectivity index (χ4v) is 4.86. The Hall–Kier alpha value is -2.61. The monoisotopic (exact) mass is 403 g/mol. The van der Waals surface area contributed by atoms with Crippen LogP contribution in [0.25, 0.3) is 0 Å². The quantitative estimate of drug-likeness (QED) is 0.690. The summed E-state index contributed by atoms with van der Waals surface area (Å²) in [7, 11) is -2.28. The minimum atomic E-state index is -3.68. The summed E-state index contributed by atoms with van der Waals surface area (Å²) in [6.45, 7) is 3.50. The van der Waals surface area contributed by atoms with E-state index in [1.54, 1.807) is 31.2 Å². The Morgan fingerprint density at radius 2 is 1.86 bits per heavy atom. The molecular formula is C20H25N3O4S. The van der Waals surface area contributed by atoms with E-state index in [9.17, 15) is 13.2 Å². The molecule has 0 N–H and O–H groups in total. The smallest absolute Gasteiger partial charge is 0.308 e. The second kappa shape index (κ2) is 8.60. The molecule has 1 fully saturated rings. The van der Waals surface area contributed by atoms with E-state index in [0.29, 0.717) is 44.0 Å². The topological polar surface area (TPSA) is 79.8 Å². The van der Waals surface area contributed by atoms with Gasteiger partial charge in [-0.25, -0.2) is 13.4 Å². The summed E-state index contributed by atoms with van der Waals surface area (Å²) in [4.78, 5) is 18.2. The number of carbonyl (C=O) groups excluding carboxylic acids is 1. The Kier molecular flexibility index (Phi) is 6.18. The van der Waals surface area contributed by atoms with Gasteiger partial charge in [-0.05, 0) is 44.0 Å². The second-order valence-electron chi connectivity index (χ2n) is 6.64. The first kappa shape index (κ1) is 20.1. The van der Waals surface area contributed by atoms with Crippen molar-refractivity contribution in [1.29, 1.82) is 0 Å². The number of pyridine rings is 1. The van der Waals surface area contributed by atoms with Gasteiger partial charge < -0.3 is 9.64 Å². The summed E-state index contributed by atoms with van der Waals surface area (Å²) < 4.78 is 32.2. The Morgan fingerprint density at radius 3 is 2.39 bits per heavy atom. The third kappa shape index (κ3) is 4.11. The van der Waals surface area contributed by atoms with Crippen molar-refractivity contribution in [2.75, 3.05) is 35.9 Å². The van der Waals surface area contributed by atoms with Gasteiger partial charge in [-0.15, -0.1) is 0 Å². The van der Waals surface area contributed by atoms with Crippen LogP contribution < -0.4 is 9.21 Å². The first-order valence-electron chi connectivity index (χ1n) is 9.34. The molecular weight excluding hydrogens is 378 g/mol. The number of rotatable bonds is 6. The molecule has 0 amide bonds. The van der Waals surface area contributed by atoms with Crippen LogP contribution in [0.2, 0.25) is 0 Å². The Bertz CT molecular complexity index is 893. The predicted octanol–water partition coefficient (Wildman–Crippen LogP) is 2.69. The van der Waals surface area contributed by atoms with Gasteiger partial charge in [0.15, 0.2) is 0 Å². The Morgan fingerprint density at radius 1 is 1.18 bits per heavy atom. The molecule has 1 aromatic heterocycles. The number of sulfonamides is 1. The molecule has 0 unspecified atom stereocenters. The summed E-state index contributed by atoms with van der Waals surface area (Å²) in [5.74, 6) is 0.463. The number of aromatic nitrogens is 1. The SMILES string of the molecule is CCN(c1ccccc1)S(=O)(=O)c1ccc(N2CCC(C(=O)OC)CC2)nc1. The molecule has 0 spiro atoms. The van der Waals surface area contributed by atoms with Gasteiger partial charge in [-0.3, -0.25) is 9.10 Å². The number of ether oxygens (including phenoxy) is 1. The molecule has 0 saturated carbocycles. The lowest BCUT2D eigenvalue weighted by atomic mass is 9.97. The van der Waals surface area contributed by atoms with Crippen LogP contribution in [-0.2, 0) is 19.6 Å². The Labute approximate surface area is 166 Å². The predicted molar refractivity (Wildman–Crippen MR) is 108 cm³/mol. The highest BCUT2D eigenvalue weighted by atomic mass is 32.2. The fourth-order valence-electron chi connectivity index (χ4n) is 3.44. The molecule has 1 saturated heterocycles. The summed E-state index contributed by atoms with van der Waals surface area (Å²) in [5.41, 5.74) is 0.624. The van der Waals surface area contributed by atoms with Crippen molar-refractivity contribution in [3.05, 3.63) is 48.7 Å². The Balaban J connectivity index is 1.74. The van der Waals surface area contributed by atoms with Crippen LogP contribution in [0.3, 0.4) is 0 Å². The van der Waals surface area contributed by atoms with E-state index in [1.165, 1.54) is 17.6 Å². The van der Waals surface area contributed by atoms with Gasteiger partial charge in [-0.2, -0.15) is 0 Å². The van der Waals surface area contributed by atoms with Crippen LogP contribution in [0, 0.1) is 5.92 Å². The molecule has 2 heterocycles. The average Bonchev–Trinajstić information content (AvgIpc) is 2.74. The van der Waals surface area contributed by atoms with Crippen molar-refractivity contribution in [1.82, 2.24) is 4.98 Å². The zero-order valence-corrected chi connectivity index (χ0v) is 16.9. The van der Waals surface area contributed by atoms with Crippen molar-refractivity contribution in [3.63, 3.8) is 0 Å². The number of benzene rings is 1. The van der Waals surface area contributed by atoms with Gasteiger partial charge in [0.2, 0.25) is 0 Å². The van der Waals surface area contributed by atoms with Crippen molar-refractivity contribution < 1.29 is 17.9 Å². The zero-order chi connectivity index (χ0) is 20.1. The summed E-state index contributed by atoms with van der Waals surface area (Å²) in [6.07, 6.45) is 2.81. The lowest BCUT2D eigenvalue weighted by Gasteiger charge is -2.31. The van der Waals surface area contributed by atoms with Crippen LogP contribution in [-0.4, -0.2) is 46.1 Å². The fraction of sp³-hybridized carbons (Fsp3) is 0.400. The summed E-state index contributed by atoms with van der Waals surface area (Å²) >= 11 is 0. The van der Waals surface area contributed by atoms with Crippen LogP contribution in [0.15, 0.2) is 53.6 Å². The van der Waals surface area contributed by atoms with E-state index in [-0.39, 0.29) is 16.8 Å². The molecule has 1 aliphatic heterocycles. The molecule has 7 nitrogen and oxygen atoms in total. The van der Waals surface area contributed by atoms with Gasteiger partial charge in [0, 0.05) is 25.8 Å². The number of hydrogen-bond acceptors (Lipinski definition) is 6. The van der Waals surface area contributed by atoms with Gasteiger partial charge in [-0.1, -0.05) is 18.2 Å². The molecule has 28 heavy (non-hydrogen) atoms. The van der Waals surface area contributed by atoms with E-state index in [2.05, 4.69) is 9.88 Å². The molecule has 0 radical (unpaired) electrons. The van der Waals surface area contributed by atoms with Crippen LogP contribution >= 0.6 is 0 Å². The molecule has 0 atom stereocenters. The van der Waals surface area contributed by atoms with Crippen LogP contribution in [0.4, 0.5) is 11.5 Å². The lowest BCUT2D eigenvalue weighted by molar-refractivity contribution is -0.146. The molecule has 8 heteroatoms. The standard InChI is InChI=1S/C20H25N3O4S/c1-3-23(17-7-5-4-6-8-17)28(25,26)18-9-10-19(21-15-18)22-13-11-16(12-14-22)20(24)27-2/h4-10,15-16H,3,11-14H2,1-2H3. The number of piperidine rings is 1. The van der Waals surface area contributed by atoms with Crippen molar-refractivity contribution in [2.45, 2.75) is 24.7 Å². The molecule has 1 aromatic carbocycles. The highest BCUT2D eigenvalue weighted by Gasteiger charge is 2.27. The number of nitrogens with zero attached hydrogens (tertiary/aromatic N) is 3. The maximum absolute atomic E-state index is 13.0. The molecule has 3 rings (SSSR count). The number of hydrogen-bond donors (Lipinski definition) is 0. The van der Waals surface area contributed by atoms with E-state index in [0.717, 1.165) is 0 Å².